The lowest BCUT2D eigenvalue weighted by atomic mass is 9.80. The van der Waals surface area contributed by atoms with E-state index in [2.05, 4.69) is 67.3 Å². The maximum absolute atomic E-state index is 8.70. The summed E-state index contributed by atoms with van der Waals surface area (Å²) >= 11 is 3.37. The van der Waals surface area contributed by atoms with Crippen LogP contribution in [0.5, 0.6) is 0 Å². The van der Waals surface area contributed by atoms with Crippen LogP contribution >= 0.6 is 15.9 Å². The number of hydrogen-bond donors (Lipinski definition) is 4. The Balaban J connectivity index is 0.000000147. The highest BCUT2D eigenvalue weighted by molar-refractivity contribution is 9.10. The van der Waals surface area contributed by atoms with Gasteiger partial charge in [-0.2, -0.15) is 10.2 Å². The van der Waals surface area contributed by atoms with E-state index in [-0.39, 0.29) is 0 Å². The third-order valence-electron chi connectivity index (χ3n) is 6.16. The first-order chi connectivity index (χ1) is 19.1. The zero-order valence-electron chi connectivity index (χ0n) is 22.6. The smallest absolute Gasteiger partial charge is 0.423 e. The molecule has 12 heteroatoms. The van der Waals surface area contributed by atoms with E-state index in [1.165, 1.54) is 18.2 Å². The molecule has 0 radical (unpaired) electrons. The van der Waals surface area contributed by atoms with Crippen LogP contribution in [-0.4, -0.2) is 46.4 Å². The molecule has 0 unspecified atom stereocenters. The largest absolute Gasteiger partial charge is 0.488 e. The minimum absolute atomic E-state index is 0.508. The number of nitrogens with two attached hydrogens (primary N) is 2. The molecular formula is C28H30BBrN8O2. The standard InChI is InChI=1S/C14H14N4.C7H9BO2.C7H7BrN4/c1-9-4-3-5-11(6-9)12-7-10(2)13-14(15)16-8-17-18(12)13;1-6-3-2-4-7(5-6)8(9)10;1-4-2-5(8)12-6(4)7(9)10-3-11-12/h3-8H,1-2H3,(H2,15,16,17);2-5,9-10H,1H3;2-3H,1H3,(H2,9,10,11). The van der Waals surface area contributed by atoms with E-state index in [1.54, 1.807) is 22.7 Å². The van der Waals surface area contributed by atoms with Gasteiger partial charge in [-0.3, -0.25) is 0 Å². The molecule has 4 aromatic heterocycles. The van der Waals surface area contributed by atoms with E-state index >= 15 is 0 Å². The van der Waals surface area contributed by atoms with Gasteiger partial charge in [-0.15, -0.1) is 0 Å². The number of nitrogens with zero attached hydrogens (tertiary/aromatic N) is 6. The normalized spacial score (nSPS) is 10.6. The van der Waals surface area contributed by atoms with Crippen molar-refractivity contribution in [3.05, 3.63) is 100 Å². The van der Waals surface area contributed by atoms with Crippen molar-refractivity contribution in [3.63, 3.8) is 0 Å². The summed E-state index contributed by atoms with van der Waals surface area (Å²) in [6.45, 7) is 7.98. The van der Waals surface area contributed by atoms with Crippen LogP contribution in [0.3, 0.4) is 0 Å². The molecule has 10 nitrogen and oxygen atoms in total. The Labute approximate surface area is 240 Å². The van der Waals surface area contributed by atoms with Gasteiger partial charge in [-0.05, 0) is 78.4 Å². The summed E-state index contributed by atoms with van der Waals surface area (Å²) in [5.41, 5.74) is 20.5. The second kappa shape index (κ2) is 12.3. The molecule has 0 saturated carbocycles. The highest BCUT2D eigenvalue weighted by Crippen LogP contribution is 2.27. The molecule has 204 valence electrons. The zero-order chi connectivity index (χ0) is 29.0. The molecule has 0 aliphatic carbocycles. The average molecular weight is 601 g/mol. The number of nitrogen functional groups attached to an aromatic ring is 2. The number of aryl methyl sites for hydroxylation is 4. The maximum Gasteiger partial charge on any atom is 0.488 e. The molecule has 0 fully saturated rings. The summed E-state index contributed by atoms with van der Waals surface area (Å²) in [7, 11) is -1.35. The minimum Gasteiger partial charge on any atom is -0.423 e. The lowest BCUT2D eigenvalue weighted by molar-refractivity contribution is 0.425. The summed E-state index contributed by atoms with van der Waals surface area (Å²) in [4.78, 5) is 7.95. The van der Waals surface area contributed by atoms with Crippen molar-refractivity contribution in [2.45, 2.75) is 27.7 Å². The van der Waals surface area contributed by atoms with Crippen molar-refractivity contribution >= 4 is 51.2 Å². The molecule has 0 amide bonds. The maximum atomic E-state index is 8.70. The Bertz CT molecular complexity index is 1780. The van der Waals surface area contributed by atoms with Crippen LogP contribution in [0.1, 0.15) is 22.3 Å². The summed E-state index contributed by atoms with van der Waals surface area (Å²) < 4.78 is 4.47. The summed E-state index contributed by atoms with van der Waals surface area (Å²) in [6.07, 6.45) is 2.92. The minimum atomic E-state index is -1.35. The van der Waals surface area contributed by atoms with Crippen molar-refractivity contribution in [2.75, 3.05) is 11.5 Å². The van der Waals surface area contributed by atoms with Crippen LogP contribution in [0, 0.1) is 27.7 Å². The molecule has 40 heavy (non-hydrogen) atoms. The summed E-state index contributed by atoms with van der Waals surface area (Å²) in [5, 5.41) is 25.7. The Hall–Kier alpha value is -4.26. The van der Waals surface area contributed by atoms with Crippen molar-refractivity contribution < 1.29 is 10.0 Å². The monoisotopic (exact) mass is 600 g/mol. The van der Waals surface area contributed by atoms with Crippen LogP contribution in [-0.2, 0) is 0 Å². The Morgan fingerprint density at radius 1 is 0.725 bits per heavy atom. The Kier molecular flexibility index (Phi) is 8.83. The van der Waals surface area contributed by atoms with Gasteiger partial charge in [0.2, 0.25) is 0 Å². The molecule has 0 aliphatic heterocycles. The van der Waals surface area contributed by atoms with Crippen LogP contribution < -0.4 is 16.9 Å². The van der Waals surface area contributed by atoms with Crippen molar-refractivity contribution in [2.24, 2.45) is 0 Å². The van der Waals surface area contributed by atoms with Gasteiger partial charge in [0.25, 0.3) is 0 Å². The van der Waals surface area contributed by atoms with E-state index in [1.807, 2.05) is 43.5 Å². The quantitative estimate of drug-likeness (QED) is 0.220. The number of aromatic nitrogens is 6. The number of hydrogen-bond acceptors (Lipinski definition) is 8. The molecule has 0 bridgehead atoms. The Morgan fingerprint density at radius 2 is 1.27 bits per heavy atom. The van der Waals surface area contributed by atoms with Gasteiger partial charge < -0.3 is 21.5 Å². The fourth-order valence-electron chi connectivity index (χ4n) is 4.30. The van der Waals surface area contributed by atoms with E-state index in [0.29, 0.717) is 17.1 Å². The van der Waals surface area contributed by atoms with Crippen molar-refractivity contribution in [3.8, 4) is 11.3 Å². The SMILES string of the molecule is Cc1cc(Br)n2ncnc(N)c12.Cc1cccc(-c2cc(C)c3c(N)ncnn23)c1.Cc1cccc(B(O)O)c1. The fourth-order valence-corrected chi connectivity index (χ4v) is 4.91. The van der Waals surface area contributed by atoms with Crippen molar-refractivity contribution in [1.82, 2.24) is 29.2 Å². The molecule has 0 atom stereocenters. The van der Waals surface area contributed by atoms with Crippen LogP contribution in [0.25, 0.3) is 22.3 Å². The molecule has 6 aromatic rings. The van der Waals surface area contributed by atoms with E-state index in [9.17, 15) is 0 Å². The molecule has 6 rings (SSSR count). The summed E-state index contributed by atoms with van der Waals surface area (Å²) in [5.74, 6) is 1.02. The second-order valence-corrected chi connectivity index (χ2v) is 10.1. The summed E-state index contributed by atoms with van der Waals surface area (Å²) in [6, 6.07) is 19.5. The lowest BCUT2D eigenvalue weighted by Gasteiger charge is -2.03. The number of fused-ring (bicyclic) bond motifs is 2. The van der Waals surface area contributed by atoms with Gasteiger partial charge >= 0.3 is 7.12 Å². The van der Waals surface area contributed by atoms with Crippen LogP contribution in [0.15, 0.2) is 77.9 Å². The predicted molar refractivity (Wildman–Crippen MR) is 163 cm³/mol. The third-order valence-corrected chi connectivity index (χ3v) is 6.72. The van der Waals surface area contributed by atoms with Gasteiger partial charge in [0, 0.05) is 5.56 Å². The molecule has 0 spiro atoms. The first-order valence-electron chi connectivity index (χ1n) is 12.4. The second-order valence-electron chi connectivity index (χ2n) is 9.33. The lowest BCUT2D eigenvalue weighted by Crippen LogP contribution is -2.29. The van der Waals surface area contributed by atoms with E-state index in [0.717, 1.165) is 43.6 Å². The van der Waals surface area contributed by atoms with Gasteiger partial charge in [0.05, 0.1) is 5.69 Å². The van der Waals surface area contributed by atoms with Gasteiger partial charge in [-0.1, -0.05) is 53.6 Å². The molecule has 2 aromatic carbocycles. The van der Waals surface area contributed by atoms with Gasteiger partial charge in [-0.25, -0.2) is 19.0 Å². The average Bonchev–Trinajstić information content (AvgIpc) is 3.41. The van der Waals surface area contributed by atoms with E-state index in [4.69, 9.17) is 21.5 Å². The first kappa shape index (κ1) is 28.7. The first-order valence-corrected chi connectivity index (χ1v) is 13.2. The fraction of sp³-hybridized carbons (Fsp3) is 0.143. The topological polar surface area (TPSA) is 153 Å². The number of anilines is 2. The molecule has 4 heterocycles. The van der Waals surface area contributed by atoms with Gasteiger partial charge in [0.1, 0.15) is 28.3 Å². The van der Waals surface area contributed by atoms with Crippen LogP contribution in [0.2, 0.25) is 0 Å². The number of benzene rings is 2. The molecule has 6 N–H and O–H groups in total. The zero-order valence-corrected chi connectivity index (χ0v) is 24.2. The highest BCUT2D eigenvalue weighted by atomic mass is 79.9. The predicted octanol–water partition coefficient (Wildman–Crippen LogP) is 3.65. The van der Waals surface area contributed by atoms with Gasteiger partial charge in [0.15, 0.2) is 11.6 Å². The molecule has 0 saturated heterocycles. The number of rotatable bonds is 2. The Morgan fingerprint density at radius 3 is 1.82 bits per heavy atom. The third kappa shape index (κ3) is 6.31. The van der Waals surface area contributed by atoms with E-state index < -0.39 is 7.12 Å². The van der Waals surface area contributed by atoms with Crippen molar-refractivity contribution in [1.29, 1.82) is 0 Å². The highest BCUT2D eigenvalue weighted by Gasteiger charge is 2.12. The van der Waals surface area contributed by atoms with Crippen LogP contribution in [0.4, 0.5) is 11.6 Å². The molecule has 0 aliphatic rings. The molecular weight excluding hydrogens is 571 g/mol. The number of halogens is 1.